The van der Waals surface area contributed by atoms with Gasteiger partial charge in [-0.05, 0) is 12.1 Å². The van der Waals surface area contributed by atoms with Crippen LogP contribution in [0.1, 0.15) is 10.6 Å². The van der Waals surface area contributed by atoms with Crippen molar-refractivity contribution in [1.29, 1.82) is 5.41 Å². The van der Waals surface area contributed by atoms with Gasteiger partial charge in [-0.15, -0.1) is 11.3 Å². The summed E-state index contributed by atoms with van der Waals surface area (Å²) in [6.07, 6.45) is 1.58. The Hall–Kier alpha value is -1.66. The minimum Gasteiger partial charge on any atom is -0.462 e. The zero-order chi connectivity index (χ0) is 11.5. The number of amidine groups is 1. The molecule has 0 spiro atoms. The standard InChI is InChI=1S/C10H11N3O2S/c1-14-5-6-8(9(11)12)16-10(13-6)7-3-2-4-15-7/h2-4H,5H2,1H3,(H3,11,12). The highest BCUT2D eigenvalue weighted by molar-refractivity contribution is 7.17. The summed E-state index contributed by atoms with van der Waals surface area (Å²) < 4.78 is 10.3. The van der Waals surface area contributed by atoms with Gasteiger partial charge in [-0.25, -0.2) is 4.98 Å². The van der Waals surface area contributed by atoms with Gasteiger partial charge in [0.25, 0.3) is 0 Å². The summed E-state index contributed by atoms with van der Waals surface area (Å²) >= 11 is 1.33. The van der Waals surface area contributed by atoms with Gasteiger partial charge >= 0.3 is 0 Å². The van der Waals surface area contributed by atoms with Crippen LogP contribution in [-0.2, 0) is 11.3 Å². The molecule has 0 unspecified atom stereocenters. The van der Waals surface area contributed by atoms with Crippen molar-refractivity contribution in [3.63, 3.8) is 0 Å². The van der Waals surface area contributed by atoms with Gasteiger partial charge < -0.3 is 14.9 Å². The largest absolute Gasteiger partial charge is 0.462 e. The minimum atomic E-state index is 0.00218. The first-order valence-electron chi connectivity index (χ1n) is 4.59. The number of hydrogen-bond donors (Lipinski definition) is 2. The third kappa shape index (κ3) is 1.98. The highest BCUT2D eigenvalue weighted by Gasteiger charge is 2.15. The molecule has 16 heavy (non-hydrogen) atoms. The second-order valence-corrected chi connectivity index (χ2v) is 4.12. The molecule has 0 saturated heterocycles. The zero-order valence-electron chi connectivity index (χ0n) is 8.69. The maximum Gasteiger partial charge on any atom is 0.162 e. The van der Waals surface area contributed by atoms with Gasteiger partial charge in [-0.3, -0.25) is 5.41 Å². The molecule has 6 heteroatoms. The van der Waals surface area contributed by atoms with Crippen LogP contribution >= 0.6 is 11.3 Å². The fourth-order valence-corrected chi connectivity index (χ4v) is 2.20. The molecule has 3 N–H and O–H groups in total. The monoisotopic (exact) mass is 237 g/mol. The van der Waals surface area contributed by atoms with E-state index in [1.54, 1.807) is 19.4 Å². The number of furan rings is 1. The van der Waals surface area contributed by atoms with E-state index in [1.165, 1.54) is 11.3 Å². The van der Waals surface area contributed by atoms with Crippen LogP contribution in [0.4, 0.5) is 0 Å². The maximum atomic E-state index is 7.46. The summed E-state index contributed by atoms with van der Waals surface area (Å²) in [5.74, 6) is 0.678. The van der Waals surface area contributed by atoms with E-state index >= 15 is 0 Å². The Kier molecular flexibility index (Phi) is 3.02. The second kappa shape index (κ2) is 4.46. The first-order valence-corrected chi connectivity index (χ1v) is 5.41. The molecule has 0 bridgehead atoms. The number of aromatic nitrogens is 1. The molecule has 0 radical (unpaired) electrons. The fourth-order valence-electron chi connectivity index (χ4n) is 1.30. The first-order chi connectivity index (χ1) is 7.72. The number of nitrogens with two attached hydrogens (primary N) is 1. The van der Waals surface area contributed by atoms with E-state index in [0.717, 1.165) is 0 Å². The van der Waals surface area contributed by atoms with Crippen LogP contribution in [0.5, 0.6) is 0 Å². The van der Waals surface area contributed by atoms with Crippen LogP contribution in [0.3, 0.4) is 0 Å². The third-order valence-electron chi connectivity index (χ3n) is 1.95. The quantitative estimate of drug-likeness (QED) is 0.627. The van der Waals surface area contributed by atoms with Crippen LogP contribution in [0.25, 0.3) is 10.8 Å². The van der Waals surface area contributed by atoms with Gasteiger partial charge in [0.05, 0.1) is 23.4 Å². The summed E-state index contributed by atoms with van der Waals surface area (Å²) in [5.41, 5.74) is 6.15. The SMILES string of the molecule is COCc1nc(-c2ccco2)sc1C(=N)N. The molecule has 0 fully saturated rings. The number of rotatable bonds is 4. The van der Waals surface area contributed by atoms with Gasteiger partial charge in [0.1, 0.15) is 5.84 Å². The highest BCUT2D eigenvalue weighted by Crippen LogP contribution is 2.28. The van der Waals surface area contributed by atoms with E-state index in [1.807, 2.05) is 6.07 Å². The van der Waals surface area contributed by atoms with Crippen molar-refractivity contribution >= 4 is 17.2 Å². The third-order valence-corrected chi connectivity index (χ3v) is 3.10. The van der Waals surface area contributed by atoms with Crippen LogP contribution < -0.4 is 5.73 Å². The van der Waals surface area contributed by atoms with Crippen molar-refractivity contribution in [2.45, 2.75) is 6.61 Å². The lowest BCUT2D eigenvalue weighted by Gasteiger charge is -1.96. The molecule has 2 aromatic rings. The van der Waals surface area contributed by atoms with Crippen molar-refractivity contribution in [1.82, 2.24) is 4.98 Å². The lowest BCUT2D eigenvalue weighted by molar-refractivity contribution is 0.182. The second-order valence-electron chi connectivity index (χ2n) is 3.12. The zero-order valence-corrected chi connectivity index (χ0v) is 9.50. The summed E-state index contributed by atoms with van der Waals surface area (Å²) in [7, 11) is 1.58. The number of nitrogens with zero attached hydrogens (tertiary/aromatic N) is 1. The molecule has 2 rings (SSSR count). The van der Waals surface area contributed by atoms with E-state index in [4.69, 9.17) is 20.3 Å². The van der Waals surface area contributed by atoms with Gasteiger partial charge in [0.2, 0.25) is 0 Å². The van der Waals surface area contributed by atoms with Crippen molar-refractivity contribution in [2.75, 3.05) is 7.11 Å². The number of nitrogens with one attached hydrogen (secondary N) is 1. The average Bonchev–Trinajstić information content (AvgIpc) is 2.83. The Morgan fingerprint density at radius 3 is 3.06 bits per heavy atom. The smallest absolute Gasteiger partial charge is 0.162 e. The number of methoxy groups -OCH3 is 1. The van der Waals surface area contributed by atoms with Crippen molar-refractivity contribution in [3.8, 4) is 10.8 Å². The lowest BCUT2D eigenvalue weighted by atomic mass is 10.3. The molecule has 0 aromatic carbocycles. The van der Waals surface area contributed by atoms with Gasteiger partial charge in [0.15, 0.2) is 10.8 Å². The summed E-state index contributed by atoms with van der Waals surface area (Å²) in [6.45, 7) is 0.339. The predicted octanol–water partition coefficient (Wildman–Crippen LogP) is 1.83. The van der Waals surface area contributed by atoms with E-state index in [9.17, 15) is 0 Å². The molecule has 84 valence electrons. The number of ether oxygens (including phenoxy) is 1. The Balaban J connectivity index is 2.42. The van der Waals surface area contributed by atoms with Crippen LogP contribution in [0.2, 0.25) is 0 Å². The summed E-state index contributed by atoms with van der Waals surface area (Å²) in [5, 5.41) is 8.17. The van der Waals surface area contributed by atoms with Gasteiger partial charge in [-0.2, -0.15) is 0 Å². The normalized spacial score (nSPS) is 10.6. The van der Waals surface area contributed by atoms with Gasteiger partial charge in [0, 0.05) is 7.11 Å². The lowest BCUT2D eigenvalue weighted by Crippen LogP contribution is -2.11. The summed E-state index contributed by atoms with van der Waals surface area (Å²) in [6, 6.07) is 3.61. The summed E-state index contributed by atoms with van der Waals surface area (Å²) in [4.78, 5) is 4.98. The molecule has 0 aliphatic heterocycles. The minimum absolute atomic E-state index is 0.00218. The van der Waals surface area contributed by atoms with Crippen LogP contribution in [0, 0.1) is 5.41 Å². The predicted molar refractivity (Wildman–Crippen MR) is 61.5 cm³/mol. The Morgan fingerprint density at radius 2 is 2.50 bits per heavy atom. The molecular weight excluding hydrogens is 226 g/mol. The molecule has 0 atom stereocenters. The number of nitrogen functional groups attached to an aromatic ring is 1. The fraction of sp³-hybridized carbons (Fsp3) is 0.200. The van der Waals surface area contributed by atoms with E-state index < -0.39 is 0 Å². The van der Waals surface area contributed by atoms with Crippen molar-refractivity contribution < 1.29 is 9.15 Å². The molecule has 0 amide bonds. The molecule has 2 aromatic heterocycles. The molecule has 0 aliphatic carbocycles. The van der Waals surface area contributed by atoms with Crippen molar-refractivity contribution in [2.24, 2.45) is 5.73 Å². The highest BCUT2D eigenvalue weighted by atomic mass is 32.1. The molecular formula is C10H11N3O2S. The van der Waals surface area contributed by atoms with E-state index in [-0.39, 0.29) is 5.84 Å². The molecule has 0 saturated carbocycles. The Morgan fingerprint density at radius 1 is 1.69 bits per heavy atom. The topological polar surface area (TPSA) is 85.1 Å². The Bertz CT molecular complexity index is 490. The number of hydrogen-bond acceptors (Lipinski definition) is 5. The number of thiazole rings is 1. The average molecular weight is 237 g/mol. The molecule has 0 aliphatic rings. The molecule has 5 nitrogen and oxygen atoms in total. The Labute approximate surface area is 96.4 Å². The van der Waals surface area contributed by atoms with Crippen LogP contribution in [0.15, 0.2) is 22.8 Å². The molecule has 2 heterocycles. The van der Waals surface area contributed by atoms with Gasteiger partial charge in [-0.1, -0.05) is 0 Å². The first kappa shape index (κ1) is 10.8. The van der Waals surface area contributed by atoms with Crippen molar-refractivity contribution in [3.05, 3.63) is 29.0 Å². The van der Waals surface area contributed by atoms with E-state index in [0.29, 0.717) is 27.9 Å². The van der Waals surface area contributed by atoms with Crippen LogP contribution in [-0.4, -0.2) is 17.9 Å². The maximum absolute atomic E-state index is 7.46. The van der Waals surface area contributed by atoms with E-state index in [2.05, 4.69) is 4.98 Å².